The molecule has 0 fully saturated rings. The van der Waals surface area contributed by atoms with E-state index in [4.69, 9.17) is 16.7 Å². The molecule has 2 aromatic heterocycles. The minimum atomic E-state index is -1.02. The van der Waals surface area contributed by atoms with Crippen LogP contribution in [-0.2, 0) is 4.79 Å². The van der Waals surface area contributed by atoms with Gasteiger partial charge in [0, 0.05) is 17.3 Å². The van der Waals surface area contributed by atoms with Crippen LogP contribution in [0.25, 0.3) is 5.65 Å². The molecule has 0 radical (unpaired) electrons. The van der Waals surface area contributed by atoms with E-state index < -0.39 is 12.0 Å². The zero-order chi connectivity index (χ0) is 11.7. The van der Waals surface area contributed by atoms with E-state index in [2.05, 4.69) is 15.4 Å². The standard InChI is InChI=1S/C9H9ClN4O2/c1-11-7(9(15)16)8-12-6-4-5(10)2-3-14(6)13-8/h2-4,7,11H,1H3,(H,15,16). The second kappa shape index (κ2) is 4.07. The summed E-state index contributed by atoms with van der Waals surface area (Å²) >= 11 is 5.79. The Kier molecular flexibility index (Phi) is 2.76. The molecule has 0 aliphatic heterocycles. The van der Waals surface area contributed by atoms with Crippen molar-refractivity contribution in [1.29, 1.82) is 0 Å². The van der Waals surface area contributed by atoms with Crippen molar-refractivity contribution >= 4 is 23.2 Å². The number of carboxylic acid groups (broad SMARTS) is 1. The molecule has 16 heavy (non-hydrogen) atoms. The zero-order valence-corrected chi connectivity index (χ0v) is 9.14. The fourth-order valence-electron chi connectivity index (χ4n) is 1.36. The van der Waals surface area contributed by atoms with Crippen molar-refractivity contribution < 1.29 is 9.90 Å². The molecule has 0 aromatic carbocycles. The third kappa shape index (κ3) is 1.84. The second-order valence-electron chi connectivity index (χ2n) is 3.18. The maximum Gasteiger partial charge on any atom is 0.328 e. The number of carbonyl (C=O) groups is 1. The van der Waals surface area contributed by atoms with Gasteiger partial charge in [0.1, 0.15) is 0 Å². The summed E-state index contributed by atoms with van der Waals surface area (Å²) in [7, 11) is 1.54. The van der Waals surface area contributed by atoms with Gasteiger partial charge in [-0.05, 0) is 13.1 Å². The quantitative estimate of drug-likeness (QED) is 0.827. The average molecular weight is 241 g/mol. The number of hydrogen-bond acceptors (Lipinski definition) is 4. The number of nitrogens with one attached hydrogen (secondary N) is 1. The van der Waals surface area contributed by atoms with Gasteiger partial charge in [-0.25, -0.2) is 9.50 Å². The van der Waals surface area contributed by atoms with Gasteiger partial charge in [-0.2, -0.15) is 0 Å². The van der Waals surface area contributed by atoms with Crippen LogP contribution in [0.4, 0.5) is 0 Å². The first-order valence-electron chi connectivity index (χ1n) is 4.53. The Labute approximate surface area is 95.9 Å². The third-order valence-corrected chi connectivity index (χ3v) is 2.34. The molecular weight excluding hydrogens is 232 g/mol. The van der Waals surface area contributed by atoms with Gasteiger partial charge in [0.25, 0.3) is 0 Å². The topological polar surface area (TPSA) is 79.5 Å². The smallest absolute Gasteiger partial charge is 0.328 e. The molecule has 84 valence electrons. The Bertz CT molecular complexity index is 539. The minimum absolute atomic E-state index is 0.206. The Hall–Kier alpha value is -1.66. The maximum absolute atomic E-state index is 10.9. The van der Waals surface area contributed by atoms with E-state index in [1.165, 1.54) is 11.6 Å². The number of carboxylic acids is 1. The molecular formula is C9H9ClN4O2. The van der Waals surface area contributed by atoms with Gasteiger partial charge in [-0.15, -0.1) is 5.10 Å². The molecule has 1 unspecified atom stereocenters. The number of pyridine rings is 1. The lowest BCUT2D eigenvalue weighted by Crippen LogP contribution is -2.26. The van der Waals surface area contributed by atoms with Crippen LogP contribution in [0.15, 0.2) is 18.3 Å². The number of nitrogens with zero attached hydrogens (tertiary/aromatic N) is 3. The Morgan fingerprint density at radius 2 is 2.44 bits per heavy atom. The lowest BCUT2D eigenvalue weighted by atomic mass is 10.3. The van der Waals surface area contributed by atoms with Crippen LogP contribution < -0.4 is 5.32 Å². The van der Waals surface area contributed by atoms with Crippen molar-refractivity contribution in [3.05, 3.63) is 29.2 Å². The van der Waals surface area contributed by atoms with Crippen LogP contribution in [0, 0.1) is 0 Å². The van der Waals surface area contributed by atoms with Crippen molar-refractivity contribution in [2.45, 2.75) is 6.04 Å². The summed E-state index contributed by atoms with van der Waals surface area (Å²) in [6, 6.07) is 2.35. The van der Waals surface area contributed by atoms with E-state index >= 15 is 0 Å². The highest BCUT2D eigenvalue weighted by atomic mass is 35.5. The average Bonchev–Trinajstić information content (AvgIpc) is 2.60. The van der Waals surface area contributed by atoms with Gasteiger partial charge in [-0.3, -0.25) is 4.79 Å². The SMILES string of the molecule is CNC(C(=O)O)c1nc2cc(Cl)ccn2n1. The molecule has 7 heteroatoms. The molecule has 0 saturated carbocycles. The molecule has 0 bridgehead atoms. The number of rotatable bonds is 3. The largest absolute Gasteiger partial charge is 0.480 e. The second-order valence-corrected chi connectivity index (χ2v) is 3.61. The van der Waals surface area contributed by atoms with Crippen molar-refractivity contribution in [3.63, 3.8) is 0 Å². The molecule has 1 atom stereocenters. The maximum atomic E-state index is 10.9. The molecule has 2 N–H and O–H groups in total. The summed E-state index contributed by atoms with van der Waals surface area (Å²) in [5.41, 5.74) is 0.518. The van der Waals surface area contributed by atoms with E-state index in [1.54, 1.807) is 18.3 Å². The van der Waals surface area contributed by atoms with E-state index in [9.17, 15) is 4.79 Å². The van der Waals surface area contributed by atoms with Gasteiger partial charge >= 0.3 is 5.97 Å². The number of hydrogen-bond donors (Lipinski definition) is 2. The molecule has 0 aliphatic rings. The highest BCUT2D eigenvalue weighted by Gasteiger charge is 2.22. The summed E-state index contributed by atoms with van der Waals surface area (Å²) in [6.45, 7) is 0. The lowest BCUT2D eigenvalue weighted by molar-refractivity contribution is -0.139. The van der Waals surface area contributed by atoms with Crippen LogP contribution in [0.1, 0.15) is 11.9 Å². The van der Waals surface area contributed by atoms with E-state index in [1.807, 2.05) is 0 Å². The summed E-state index contributed by atoms with van der Waals surface area (Å²) in [5.74, 6) is -0.818. The van der Waals surface area contributed by atoms with E-state index in [-0.39, 0.29) is 5.82 Å². The fraction of sp³-hybridized carbons (Fsp3) is 0.222. The van der Waals surface area contributed by atoms with Crippen LogP contribution in [0.3, 0.4) is 0 Å². The van der Waals surface area contributed by atoms with Gasteiger partial charge in [0.05, 0.1) is 0 Å². The molecule has 0 saturated heterocycles. The highest BCUT2D eigenvalue weighted by molar-refractivity contribution is 6.30. The number of aliphatic carboxylic acids is 1. The molecule has 0 spiro atoms. The highest BCUT2D eigenvalue weighted by Crippen LogP contribution is 2.13. The Morgan fingerprint density at radius 3 is 3.06 bits per heavy atom. The molecule has 0 amide bonds. The predicted octanol–water partition coefficient (Wildman–Crippen LogP) is 0.728. The van der Waals surface area contributed by atoms with Crippen molar-refractivity contribution in [3.8, 4) is 0 Å². The molecule has 2 aromatic rings. The van der Waals surface area contributed by atoms with Gasteiger partial charge in [-0.1, -0.05) is 11.6 Å². The fourth-order valence-corrected chi connectivity index (χ4v) is 1.51. The third-order valence-electron chi connectivity index (χ3n) is 2.11. The van der Waals surface area contributed by atoms with Crippen molar-refractivity contribution in [2.75, 3.05) is 7.05 Å². The number of halogens is 1. The number of fused-ring (bicyclic) bond motifs is 1. The zero-order valence-electron chi connectivity index (χ0n) is 8.38. The van der Waals surface area contributed by atoms with E-state index in [0.29, 0.717) is 10.7 Å². The van der Waals surface area contributed by atoms with Gasteiger partial charge in [0.15, 0.2) is 17.5 Å². The molecule has 2 heterocycles. The normalized spacial score (nSPS) is 12.9. The van der Waals surface area contributed by atoms with Gasteiger partial charge < -0.3 is 10.4 Å². The van der Waals surface area contributed by atoms with Crippen LogP contribution in [-0.4, -0.2) is 32.7 Å². The molecule has 0 aliphatic carbocycles. The van der Waals surface area contributed by atoms with Crippen molar-refractivity contribution in [2.24, 2.45) is 0 Å². The molecule has 6 nitrogen and oxygen atoms in total. The summed E-state index contributed by atoms with van der Waals surface area (Å²) in [4.78, 5) is 15.0. The number of aromatic nitrogens is 3. The number of likely N-dealkylation sites (N-methyl/N-ethyl adjacent to an activating group) is 1. The van der Waals surface area contributed by atoms with E-state index in [0.717, 1.165) is 0 Å². The first kappa shape index (κ1) is 10.8. The van der Waals surface area contributed by atoms with Crippen LogP contribution in [0.2, 0.25) is 5.02 Å². The minimum Gasteiger partial charge on any atom is -0.480 e. The van der Waals surface area contributed by atoms with Crippen LogP contribution >= 0.6 is 11.6 Å². The Morgan fingerprint density at radius 1 is 1.69 bits per heavy atom. The summed E-state index contributed by atoms with van der Waals surface area (Å²) in [5, 5.41) is 16.1. The first-order chi connectivity index (χ1) is 7.61. The van der Waals surface area contributed by atoms with Crippen LogP contribution in [0.5, 0.6) is 0 Å². The molecule has 2 rings (SSSR count). The van der Waals surface area contributed by atoms with Gasteiger partial charge in [0.2, 0.25) is 0 Å². The summed E-state index contributed by atoms with van der Waals surface area (Å²) < 4.78 is 1.48. The first-order valence-corrected chi connectivity index (χ1v) is 4.91. The summed E-state index contributed by atoms with van der Waals surface area (Å²) in [6.07, 6.45) is 1.63. The lowest BCUT2D eigenvalue weighted by Gasteiger charge is -2.04. The monoisotopic (exact) mass is 240 g/mol. The van der Waals surface area contributed by atoms with Crippen molar-refractivity contribution in [1.82, 2.24) is 19.9 Å². The predicted molar refractivity (Wildman–Crippen MR) is 57.4 cm³/mol. The Balaban J connectivity index is 2.49.